The van der Waals surface area contributed by atoms with Crippen LogP contribution in [0.15, 0.2) is 64.0 Å². The normalized spacial score (nSPS) is 10.6. The average molecular weight is 360 g/mol. The Bertz CT molecular complexity index is 866. The Morgan fingerprint density at radius 3 is 2.64 bits per heavy atom. The highest BCUT2D eigenvalue weighted by Gasteiger charge is 2.11. The SMILES string of the molecule is O=C(CSc1ccc(F)cc1)NCc1cc(-c2ccccc2F)on1. The van der Waals surface area contributed by atoms with E-state index in [4.69, 9.17) is 4.52 Å². The summed E-state index contributed by atoms with van der Waals surface area (Å²) < 4.78 is 31.6. The van der Waals surface area contributed by atoms with E-state index in [1.807, 2.05) is 0 Å². The summed E-state index contributed by atoms with van der Waals surface area (Å²) in [5.41, 5.74) is 0.817. The average Bonchev–Trinajstić information content (AvgIpc) is 3.08. The van der Waals surface area contributed by atoms with Crippen molar-refractivity contribution in [1.29, 1.82) is 0 Å². The van der Waals surface area contributed by atoms with E-state index in [0.717, 1.165) is 4.90 Å². The molecule has 0 saturated carbocycles. The summed E-state index contributed by atoms with van der Waals surface area (Å²) in [7, 11) is 0. The van der Waals surface area contributed by atoms with Gasteiger partial charge >= 0.3 is 0 Å². The summed E-state index contributed by atoms with van der Waals surface area (Å²) in [5.74, 6) is -0.396. The van der Waals surface area contributed by atoms with Crippen LogP contribution in [0, 0.1) is 11.6 Å². The van der Waals surface area contributed by atoms with Crippen molar-refractivity contribution in [1.82, 2.24) is 10.5 Å². The van der Waals surface area contributed by atoms with Gasteiger partial charge in [-0.05, 0) is 36.4 Å². The largest absolute Gasteiger partial charge is 0.356 e. The van der Waals surface area contributed by atoms with Crippen LogP contribution in [0.1, 0.15) is 5.69 Å². The molecule has 0 atom stereocenters. The summed E-state index contributed by atoms with van der Waals surface area (Å²) >= 11 is 1.30. The molecule has 3 aromatic rings. The van der Waals surface area contributed by atoms with Gasteiger partial charge in [-0.3, -0.25) is 4.79 Å². The fourth-order valence-electron chi connectivity index (χ4n) is 2.10. The third-order valence-corrected chi connectivity index (χ3v) is 4.36. The van der Waals surface area contributed by atoms with Gasteiger partial charge in [0.2, 0.25) is 5.91 Å². The summed E-state index contributed by atoms with van der Waals surface area (Å²) in [6, 6.07) is 13.7. The molecule has 0 radical (unpaired) electrons. The highest BCUT2D eigenvalue weighted by Crippen LogP contribution is 2.23. The highest BCUT2D eigenvalue weighted by molar-refractivity contribution is 8.00. The van der Waals surface area contributed by atoms with Crippen LogP contribution in [0.3, 0.4) is 0 Å². The fraction of sp³-hybridized carbons (Fsp3) is 0.111. The zero-order valence-electron chi connectivity index (χ0n) is 13.0. The maximum atomic E-state index is 13.7. The standard InChI is InChI=1S/C18H14F2N2O2S/c19-12-5-7-14(8-6-12)25-11-18(23)21-10-13-9-17(24-22-13)15-3-1-2-4-16(15)20/h1-9H,10-11H2,(H,21,23). The fourth-order valence-corrected chi connectivity index (χ4v) is 2.83. The molecule has 0 aliphatic heterocycles. The molecule has 0 spiro atoms. The van der Waals surface area contributed by atoms with E-state index in [1.165, 1.54) is 30.0 Å². The number of rotatable bonds is 6. The number of hydrogen-bond donors (Lipinski definition) is 1. The Hall–Kier alpha value is -2.67. The molecule has 1 aromatic heterocycles. The minimum absolute atomic E-state index is 0.181. The van der Waals surface area contributed by atoms with Crippen LogP contribution in [0.25, 0.3) is 11.3 Å². The van der Waals surface area contributed by atoms with Gasteiger partial charge < -0.3 is 9.84 Å². The lowest BCUT2D eigenvalue weighted by molar-refractivity contribution is -0.118. The Balaban J connectivity index is 1.51. The first-order valence-electron chi connectivity index (χ1n) is 7.47. The lowest BCUT2D eigenvalue weighted by Crippen LogP contribution is -2.24. The van der Waals surface area contributed by atoms with Crippen molar-refractivity contribution in [2.24, 2.45) is 0 Å². The summed E-state index contributed by atoms with van der Waals surface area (Å²) in [6.07, 6.45) is 0. The minimum Gasteiger partial charge on any atom is -0.356 e. The van der Waals surface area contributed by atoms with E-state index >= 15 is 0 Å². The molecule has 4 nitrogen and oxygen atoms in total. The molecule has 3 rings (SSSR count). The first kappa shape index (κ1) is 17.2. The number of benzene rings is 2. The second kappa shape index (κ2) is 7.94. The van der Waals surface area contributed by atoms with E-state index in [2.05, 4.69) is 10.5 Å². The van der Waals surface area contributed by atoms with Gasteiger partial charge in [-0.25, -0.2) is 8.78 Å². The van der Waals surface area contributed by atoms with Crippen LogP contribution >= 0.6 is 11.8 Å². The van der Waals surface area contributed by atoms with Crippen molar-refractivity contribution in [2.75, 3.05) is 5.75 Å². The van der Waals surface area contributed by atoms with E-state index in [9.17, 15) is 13.6 Å². The van der Waals surface area contributed by atoms with Crippen LogP contribution in [0.4, 0.5) is 8.78 Å². The number of carbonyl (C=O) groups excluding carboxylic acids is 1. The van der Waals surface area contributed by atoms with Gasteiger partial charge in [-0.1, -0.05) is 17.3 Å². The van der Waals surface area contributed by atoms with E-state index in [-0.39, 0.29) is 24.0 Å². The van der Waals surface area contributed by atoms with Crippen molar-refractivity contribution in [3.05, 3.63) is 71.9 Å². The minimum atomic E-state index is -0.398. The van der Waals surface area contributed by atoms with Crippen LogP contribution in [-0.2, 0) is 11.3 Å². The maximum Gasteiger partial charge on any atom is 0.230 e. The van der Waals surface area contributed by atoms with Crippen molar-refractivity contribution >= 4 is 17.7 Å². The molecule has 128 valence electrons. The summed E-state index contributed by atoms with van der Waals surface area (Å²) in [4.78, 5) is 12.7. The van der Waals surface area contributed by atoms with Crippen molar-refractivity contribution in [2.45, 2.75) is 11.4 Å². The first-order chi connectivity index (χ1) is 12.1. The van der Waals surface area contributed by atoms with Crippen LogP contribution < -0.4 is 5.32 Å². The van der Waals surface area contributed by atoms with Crippen molar-refractivity contribution in [3.63, 3.8) is 0 Å². The predicted octanol–water partition coefficient (Wildman–Crippen LogP) is 4.03. The second-order valence-electron chi connectivity index (χ2n) is 5.18. The third kappa shape index (κ3) is 4.67. The van der Waals surface area contributed by atoms with Crippen molar-refractivity contribution < 1.29 is 18.1 Å². The first-order valence-corrected chi connectivity index (χ1v) is 8.46. The Labute approximate surface area is 147 Å². The second-order valence-corrected chi connectivity index (χ2v) is 6.23. The van der Waals surface area contributed by atoms with Gasteiger partial charge in [0.05, 0.1) is 17.9 Å². The molecule has 7 heteroatoms. The number of thioether (sulfide) groups is 1. The highest BCUT2D eigenvalue weighted by atomic mass is 32.2. The molecule has 1 heterocycles. The Morgan fingerprint density at radius 2 is 1.88 bits per heavy atom. The number of carbonyl (C=O) groups is 1. The summed E-state index contributed by atoms with van der Waals surface area (Å²) in [6.45, 7) is 0.181. The van der Waals surface area contributed by atoms with Crippen LogP contribution in [0.5, 0.6) is 0 Å². The quantitative estimate of drug-likeness (QED) is 0.675. The number of amides is 1. The third-order valence-electron chi connectivity index (χ3n) is 3.35. The number of nitrogens with one attached hydrogen (secondary N) is 1. The van der Waals surface area contributed by atoms with Gasteiger partial charge in [-0.2, -0.15) is 0 Å². The molecular weight excluding hydrogens is 346 g/mol. The molecule has 0 unspecified atom stereocenters. The molecule has 2 aromatic carbocycles. The van der Waals surface area contributed by atoms with E-state index in [1.54, 1.807) is 36.4 Å². The number of nitrogens with zero attached hydrogens (tertiary/aromatic N) is 1. The molecule has 1 amide bonds. The molecule has 0 bridgehead atoms. The topological polar surface area (TPSA) is 55.1 Å². The number of aromatic nitrogens is 1. The molecule has 0 fully saturated rings. The zero-order valence-corrected chi connectivity index (χ0v) is 13.9. The maximum absolute atomic E-state index is 13.7. The van der Waals surface area contributed by atoms with Gasteiger partial charge in [0.15, 0.2) is 5.76 Å². The van der Waals surface area contributed by atoms with Crippen LogP contribution in [-0.4, -0.2) is 16.8 Å². The Morgan fingerprint density at radius 1 is 1.12 bits per heavy atom. The molecule has 0 saturated heterocycles. The van der Waals surface area contributed by atoms with Crippen molar-refractivity contribution in [3.8, 4) is 11.3 Å². The zero-order chi connectivity index (χ0) is 17.6. The number of hydrogen-bond acceptors (Lipinski definition) is 4. The molecule has 1 N–H and O–H groups in total. The van der Waals surface area contributed by atoms with Gasteiger partial charge in [0, 0.05) is 11.0 Å². The number of halogens is 2. The van der Waals surface area contributed by atoms with E-state index in [0.29, 0.717) is 17.0 Å². The molecule has 25 heavy (non-hydrogen) atoms. The lowest BCUT2D eigenvalue weighted by Gasteiger charge is -2.03. The van der Waals surface area contributed by atoms with E-state index < -0.39 is 5.82 Å². The predicted molar refractivity (Wildman–Crippen MR) is 90.9 cm³/mol. The van der Waals surface area contributed by atoms with Gasteiger partial charge in [0.25, 0.3) is 0 Å². The lowest BCUT2D eigenvalue weighted by atomic mass is 10.1. The smallest absolute Gasteiger partial charge is 0.230 e. The monoisotopic (exact) mass is 360 g/mol. The molecular formula is C18H14F2N2O2S. The van der Waals surface area contributed by atoms with Gasteiger partial charge in [0.1, 0.15) is 17.3 Å². The molecule has 0 aliphatic rings. The molecule has 0 aliphatic carbocycles. The van der Waals surface area contributed by atoms with Gasteiger partial charge in [-0.15, -0.1) is 11.8 Å². The Kier molecular flexibility index (Phi) is 5.45. The van der Waals surface area contributed by atoms with Crippen LogP contribution in [0.2, 0.25) is 0 Å². The summed E-state index contributed by atoms with van der Waals surface area (Å²) in [5, 5.41) is 6.54.